The Hall–Kier alpha value is -1.26. The van der Waals surface area contributed by atoms with Crippen LogP contribution in [0.3, 0.4) is 0 Å². The number of furan rings is 1. The van der Waals surface area contributed by atoms with Gasteiger partial charge in [0.25, 0.3) is 0 Å². The Kier molecular flexibility index (Phi) is 4.44. The molecule has 0 fully saturated rings. The van der Waals surface area contributed by atoms with Crippen molar-refractivity contribution in [2.45, 2.75) is 36.5 Å². The summed E-state index contributed by atoms with van der Waals surface area (Å²) >= 11 is 1.76. The van der Waals surface area contributed by atoms with Gasteiger partial charge in [-0.2, -0.15) is 0 Å². The van der Waals surface area contributed by atoms with Gasteiger partial charge < -0.3 is 10.2 Å². The molecule has 0 bridgehead atoms. The second kappa shape index (κ2) is 6.07. The Morgan fingerprint density at radius 1 is 1.33 bits per heavy atom. The van der Waals surface area contributed by atoms with Gasteiger partial charge in [-0.15, -0.1) is 11.8 Å². The van der Waals surface area contributed by atoms with Gasteiger partial charge in [-0.3, -0.25) is 4.98 Å². The first-order valence-corrected chi connectivity index (χ1v) is 6.96. The van der Waals surface area contributed by atoms with Crippen molar-refractivity contribution >= 4 is 11.8 Å². The van der Waals surface area contributed by atoms with Gasteiger partial charge >= 0.3 is 0 Å². The molecular weight excluding hydrogens is 244 g/mol. The summed E-state index contributed by atoms with van der Waals surface area (Å²) < 4.78 is 5.34. The van der Waals surface area contributed by atoms with Crippen LogP contribution < -0.4 is 5.73 Å². The number of rotatable bonds is 5. The second-order valence-corrected chi connectivity index (χ2v) is 5.42. The Balaban J connectivity index is 2.24. The van der Waals surface area contributed by atoms with Gasteiger partial charge in [-0.1, -0.05) is 6.92 Å². The van der Waals surface area contributed by atoms with Crippen LogP contribution >= 0.6 is 11.8 Å². The molecule has 0 saturated carbocycles. The molecule has 2 unspecified atom stereocenters. The van der Waals surface area contributed by atoms with Crippen molar-refractivity contribution in [3.63, 3.8) is 0 Å². The Labute approximate surface area is 112 Å². The smallest absolute Gasteiger partial charge is 0.114 e. The van der Waals surface area contributed by atoms with Crippen LogP contribution in [0.25, 0.3) is 0 Å². The fraction of sp³-hybridized carbons (Fsp3) is 0.357. The number of nitrogens with two attached hydrogens (primary N) is 1. The third kappa shape index (κ3) is 2.94. The lowest BCUT2D eigenvalue weighted by molar-refractivity contribution is 0.526. The summed E-state index contributed by atoms with van der Waals surface area (Å²) in [7, 11) is 0. The molecule has 0 aliphatic carbocycles. The average molecular weight is 262 g/mol. The minimum atomic E-state index is 0.117. The van der Waals surface area contributed by atoms with Gasteiger partial charge in [0.15, 0.2) is 0 Å². The lowest BCUT2D eigenvalue weighted by Crippen LogP contribution is -2.25. The summed E-state index contributed by atoms with van der Waals surface area (Å²) in [6.07, 6.45) is 6.29. The molecule has 2 rings (SSSR count). The summed E-state index contributed by atoms with van der Waals surface area (Å²) in [5.74, 6) is 0.947. The predicted molar refractivity (Wildman–Crippen MR) is 74.5 cm³/mol. The van der Waals surface area contributed by atoms with Crippen molar-refractivity contribution in [1.29, 1.82) is 0 Å². The van der Waals surface area contributed by atoms with Crippen LogP contribution in [0.4, 0.5) is 0 Å². The third-order valence-corrected chi connectivity index (χ3v) is 4.51. The Morgan fingerprint density at radius 3 is 2.61 bits per heavy atom. The molecule has 2 N–H and O–H groups in total. The molecular formula is C14H18N2OS. The summed E-state index contributed by atoms with van der Waals surface area (Å²) in [6.45, 7) is 4.09. The van der Waals surface area contributed by atoms with Gasteiger partial charge in [0.1, 0.15) is 5.76 Å². The maximum absolute atomic E-state index is 6.24. The highest BCUT2D eigenvalue weighted by Crippen LogP contribution is 2.39. The number of nitrogens with zero attached hydrogens (tertiary/aromatic N) is 1. The predicted octanol–water partition coefficient (Wildman–Crippen LogP) is 3.55. The van der Waals surface area contributed by atoms with Crippen molar-refractivity contribution in [3.8, 4) is 0 Å². The second-order valence-electron chi connectivity index (χ2n) is 4.23. The highest BCUT2D eigenvalue weighted by molar-refractivity contribution is 7.99. The maximum atomic E-state index is 6.24. The van der Waals surface area contributed by atoms with Gasteiger partial charge in [-0.05, 0) is 37.1 Å². The van der Waals surface area contributed by atoms with E-state index in [2.05, 4.69) is 11.9 Å². The van der Waals surface area contributed by atoms with Crippen LogP contribution in [0, 0.1) is 6.92 Å². The van der Waals surface area contributed by atoms with Crippen molar-refractivity contribution in [2.24, 2.45) is 5.73 Å². The topological polar surface area (TPSA) is 52.0 Å². The lowest BCUT2D eigenvalue weighted by Gasteiger charge is -2.22. The van der Waals surface area contributed by atoms with Crippen molar-refractivity contribution < 1.29 is 4.42 Å². The van der Waals surface area contributed by atoms with Gasteiger partial charge in [0.05, 0.1) is 6.26 Å². The van der Waals surface area contributed by atoms with E-state index in [-0.39, 0.29) is 11.3 Å². The van der Waals surface area contributed by atoms with Crippen LogP contribution in [-0.2, 0) is 0 Å². The molecule has 18 heavy (non-hydrogen) atoms. The summed E-state index contributed by atoms with van der Waals surface area (Å²) in [6, 6.07) is 6.17. The normalized spacial score (nSPS) is 14.4. The van der Waals surface area contributed by atoms with Crippen LogP contribution in [0.5, 0.6) is 0 Å². The van der Waals surface area contributed by atoms with Crippen LogP contribution in [0.15, 0.2) is 46.2 Å². The van der Waals surface area contributed by atoms with Crippen LogP contribution in [0.1, 0.15) is 29.9 Å². The standard InChI is InChI=1S/C14H18N2OS/c1-3-12(15)14(11-4-7-16-8-5-11)18-13-6-9-17-10(13)2/h4-9,12,14H,3,15H2,1-2H3. The number of aryl methyl sites for hydroxylation is 1. The molecule has 0 aliphatic heterocycles. The largest absolute Gasteiger partial charge is 0.468 e. The van der Waals surface area contributed by atoms with Crippen molar-refractivity contribution in [1.82, 2.24) is 4.98 Å². The molecule has 4 heteroatoms. The molecule has 0 saturated heterocycles. The summed E-state index contributed by atoms with van der Waals surface area (Å²) in [5.41, 5.74) is 7.46. The van der Waals surface area contributed by atoms with E-state index in [9.17, 15) is 0 Å². The molecule has 0 aromatic carbocycles. The zero-order valence-electron chi connectivity index (χ0n) is 10.7. The summed E-state index contributed by atoms with van der Waals surface area (Å²) in [5, 5.41) is 0.231. The number of thioether (sulfide) groups is 1. The molecule has 96 valence electrons. The molecule has 0 radical (unpaired) electrons. The molecule has 0 aliphatic rings. The van der Waals surface area contributed by atoms with E-state index in [0.29, 0.717) is 0 Å². The minimum Gasteiger partial charge on any atom is -0.468 e. The van der Waals surface area contributed by atoms with Gasteiger partial charge in [0, 0.05) is 28.6 Å². The minimum absolute atomic E-state index is 0.117. The Morgan fingerprint density at radius 2 is 2.06 bits per heavy atom. The molecule has 2 aromatic heterocycles. The lowest BCUT2D eigenvalue weighted by atomic mass is 10.1. The van der Waals surface area contributed by atoms with Gasteiger partial charge in [0.2, 0.25) is 0 Å². The average Bonchev–Trinajstić information content (AvgIpc) is 2.81. The number of pyridine rings is 1. The molecule has 2 aromatic rings. The zero-order valence-corrected chi connectivity index (χ0v) is 11.5. The van der Waals surface area contributed by atoms with E-state index >= 15 is 0 Å². The van der Waals surface area contributed by atoms with E-state index in [1.54, 1.807) is 18.0 Å². The first kappa shape index (κ1) is 13.2. The fourth-order valence-corrected chi connectivity index (χ4v) is 3.08. The first-order valence-electron chi connectivity index (χ1n) is 6.08. The number of hydrogen-bond acceptors (Lipinski definition) is 4. The first-order chi connectivity index (χ1) is 8.72. The van der Waals surface area contributed by atoms with Crippen molar-refractivity contribution in [3.05, 3.63) is 48.2 Å². The van der Waals surface area contributed by atoms with E-state index in [4.69, 9.17) is 10.2 Å². The molecule has 3 nitrogen and oxygen atoms in total. The maximum Gasteiger partial charge on any atom is 0.114 e. The molecule has 2 heterocycles. The quantitative estimate of drug-likeness (QED) is 0.837. The Bertz CT molecular complexity index is 484. The van der Waals surface area contributed by atoms with Crippen LogP contribution in [-0.4, -0.2) is 11.0 Å². The molecule has 0 amide bonds. The highest BCUT2D eigenvalue weighted by Gasteiger charge is 2.21. The van der Waals surface area contributed by atoms with E-state index < -0.39 is 0 Å². The molecule has 2 atom stereocenters. The SMILES string of the molecule is CCC(N)C(Sc1ccoc1C)c1ccncc1. The zero-order chi connectivity index (χ0) is 13.0. The number of aromatic nitrogens is 1. The fourth-order valence-electron chi connectivity index (χ4n) is 1.80. The van der Waals surface area contributed by atoms with E-state index in [1.165, 1.54) is 5.56 Å². The number of hydrogen-bond donors (Lipinski definition) is 1. The molecule has 0 spiro atoms. The van der Waals surface area contributed by atoms with E-state index in [0.717, 1.165) is 17.1 Å². The van der Waals surface area contributed by atoms with Crippen molar-refractivity contribution in [2.75, 3.05) is 0 Å². The van der Waals surface area contributed by atoms with Crippen LogP contribution in [0.2, 0.25) is 0 Å². The highest BCUT2D eigenvalue weighted by atomic mass is 32.2. The van der Waals surface area contributed by atoms with E-state index in [1.807, 2.05) is 37.5 Å². The monoisotopic (exact) mass is 262 g/mol. The summed E-state index contributed by atoms with van der Waals surface area (Å²) in [4.78, 5) is 5.21. The third-order valence-electron chi connectivity index (χ3n) is 2.96. The van der Waals surface area contributed by atoms with Gasteiger partial charge in [-0.25, -0.2) is 0 Å².